The molecule has 0 atom stereocenters. The Labute approximate surface area is 112 Å². The lowest BCUT2D eigenvalue weighted by molar-refractivity contribution is 0.103. The molecule has 0 aliphatic carbocycles. The monoisotopic (exact) mass is 258 g/mol. The van der Waals surface area contributed by atoms with Gasteiger partial charge in [0.05, 0.1) is 5.02 Å². The quantitative estimate of drug-likeness (QED) is 0.725. The van der Waals surface area contributed by atoms with Gasteiger partial charge in [0, 0.05) is 11.1 Å². The number of carbonyl (C=O) groups is 1. The van der Waals surface area contributed by atoms with Gasteiger partial charge in [-0.15, -0.1) is 0 Å². The normalized spacial score (nSPS) is 10.4. The van der Waals surface area contributed by atoms with Gasteiger partial charge in [0.25, 0.3) is 0 Å². The second kappa shape index (κ2) is 4.95. The third-order valence-electron chi connectivity index (χ3n) is 3.20. The minimum Gasteiger partial charge on any atom is -0.289 e. The molecule has 0 aliphatic rings. The highest BCUT2D eigenvalue weighted by Crippen LogP contribution is 2.23. The molecule has 92 valence electrons. The van der Waals surface area contributed by atoms with Crippen LogP contribution in [0.25, 0.3) is 0 Å². The van der Waals surface area contributed by atoms with Gasteiger partial charge in [-0.1, -0.05) is 29.8 Å². The van der Waals surface area contributed by atoms with E-state index in [1.165, 1.54) is 5.56 Å². The Morgan fingerprint density at radius 3 is 2.17 bits per heavy atom. The highest BCUT2D eigenvalue weighted by atomic mass is 35.5. The second-order valence-corrected chi connectivity index (χ2v) is 4.97. The van der Waals surface area contributed by atoms with Crippen molar-refractivity contribution in [1.82, 2.24) is 0 Å². The smallest absolute Gasteiger partial charge is 0.194 e. The largest absolute Gasteiger partial charge is 0.289 e. The number of hydrogen-bond acceptors (Lipinski definition) is 1. The van der Waals surface area contributed by atoms with Crippen LogP contribution in [0.1, 0.15) is 32.6 Å². The highest BCUT2D eigenvalue weighted by Gasteiger charge is 2.15. The first-order valence-corrected chi connectivity index (χ1v) is 6.25. The number of ketones is 1. The molecule has 2 aromatic rings. The van der Waals surface area contributed by atoms with E-state index in [-0.39, 0.29) is 5.78 Å². The fraction of sp³-hybridized carbons (Fsp3) is 0.188. The first kappa shape index (κ1) is 12.8. The molecule has 0 saturated heterocycles. The predicted molar refractivity (Wildman–Crippen MR) is 75.5 cm³/mol. The number of hydrogen-bond donors (Lipinski definition) is 0. The van der Waals surface area contributed by atoms with Crippen molar-refractivity contribution in [2.45, 2.75) is 20.8 Å². The average Bonchev–Trinajstić information content (AvgIpc) is 2.33. The van der Waals surface area contributed by atoms with Crippen LogP contribution in [0.15, 0.2) is 36.4 Å². The first-order valence-electron chi connectivity index (χ1n) is 5.88. The molecular formula is C16H15ClO. The lowest BCUT2D eigenvalue weighted by atomic mass is 9.95. The van der Waals surface area contributed by atoms with Crippen molar-refractivity contribution in [2.75, 3.05) is 0 Å². The SMILES string of the molecule is Cc1cc(C)c(C(=O)c2ccccc2Cl)cc1C. The lowest BCUT2D eigenvalue weighted by Crippen LogP contribution is -2.05. The maximum Gasteiger partial charge on any atom is 0.194 e. The Bertz CT molecular complexity index is 614. The van der Waals surface area contributed by atoms with Crippen molar-refractivity contribution in [1.29, 1.82) is 0 Å². The summed E-state index contributed by atoms with van der Waals surface area (Å²) in [6, 6.07) is 11.1. The summed E-state index contributed by atoms with van der Waals surface area (Å²) in [6.45, 7) is 6.01. The Morgan fingerprint density at radius 1 is 0.889 bits per heavy atom. The third kappa shape index (κ3) is 2.32. The zero-order chi connectivity index (χ0) is 13.3. The van der Waals surface area contributed by atoms with Gasteiger partial charge in [-0.05, 0) is 55.7 Å². The lowest BCUT2D eigenvalue weighted by Gasteiger charge is -2.10. The molecular weight excluding hydrogens is 244 g/mol. The van der Waals surface area contributed by atoms with E-state index >= 15 is 0 Å². The molecule has 18 heavy (non-hydrogen) atoms. The molecule has 0 radical (unpaired) electrons. The van der Waals surface area contributed by atoms with E-state index in [1.807, 2.05) is 45.0 Å². The molecule has 2 heteroatoms. The Kier molecular flexibility index (Phi) is 3.53. The average molecular weight is 259 g/mol. The maximum absolute atomic E-state index is 12.5. The van der Waals surface area contributed by atoms with Crippen molar-refractivity contribution in [3.63, 3.8) is 0 Å². The van der Waals surface area contributed by atoms with Gasteiger partial charge < -0.3 is 0 Å². The van der Waals surface area contributed by atoms with Crippen LogP contribution in [-0.2, 0) is 0 Å². The summed E-state index contributed by atoms with van der Waals surface area (Å²) in [6.07, 6.45) is 0. The Morgan fingerprint density at radius 2 is 1.50 bits per heavy atom. The second-order valence-electron chi connectivity index (χ2n) is 4.56. The van der Waals surface area contributed by atoms with E-state index in [0.29, 0.717) is 10.6 Å². The van der Waals surface area contributed by atoms with Crippen LogP contribution in [0.3, 0.4) is 0 Å². The molecule has 1 nitrogen and oxygen atoms in total. The van der Waals surface area contributed by atoms with E-state index in [9.17, 15) is 4.79 Å². The minimum absolute atomic E-state index is 0.0128. The van der Waals surface area contributed by atoms with E-state index in [1.54, 1.807) is 12.1 Å². The predicted octanol–water partition coefficient (Wildman–Crippen LogP) is 4.50. The minimum atomic E-state index is -0.0128. The van der Waals surface area contributed by atoms with E-state index in [4.69, 9.17) is 11.6 Å². The molecule has 0 bridgehead atoms. The summed E-state index contributed by atoms with van der Waals surface area (Å²) in [7, 11) is 0. The maximum atomic E-state index is 12.5. The molecule has 0 fully saturated rings. The fourth-order valence-corrected chi connectivity index (χ4v) is 2.22. The van der Waals surface area contributed by atoms with Gasteiger partial charge in [-0.2, -0.15) is 0 Å². The number of carbonyl (C=O) groups excluding carboxylic acids is 1. The van der Waals surface area contributed by atoms with Crippen molar-refractivity contribution in [3.8, 4) is 0 Å². The zero-order valence-electron chi connectivity index (χ0n) is 10.8. The summed E-state index contributed by atoms with van der Waals surface area (Å²) >= 11 is 6.07. The van der Waals surface area contributed by atoms with Crippen molar-refractivity contribution < 1.29 is 4.79 Å². The molecule has 0 heterocycles. The number of halogens is 1. The van der Waals surface area contributed by atoms with Gasteiger partial charge in [-0.25, -0.2) is 0 Å². The fourth-order valence-electron chi connectivity index (χ4n) is 2.00. The zero-order valence-corrected chi connectivity index (χ0v) is 11.5. The third-order valence-corrected chi connectivity index (χ3v) is 3.53. The summed E-state index contributed by atoms with van der Waals surface area (Å²) < 4.78 is 0. The van der Waals surface area contributed by atoms with Crippen molar-refractivity contribution in [2.24, 2.45) is 0 Å². The van der Waals surface area contributed by atoms with Crippen LogP contribution in [0.5, 0.6) is 0 Å². The molecule has 0 amide bonds. The number of aryl methyl sites for hydroxylation is 3. The highest BCUT2D eigenvalue weighted by molar-refractivity contribution is 6.35. The van der Waals surface area contributed by atoms with Gasteiger partial charge in [0.2, 0.25) is 0 Å². The number of rotatable bonds is 2. The molecule has 0 unspecified atom stereocenters. The Hall–Kier alpha value is -1.60. The Balaban J connectivity index is 2.53. The van der Waals surface area contributed by atoms with Gasteiger partial charge >= 0.3 is 0 Å². The topological polar surface area (TPSA) is 17.1 Å². The summed E-state index contributed by atoms with van der Waals surface area (Å²) in [5.74, 6) is -0.0128. The van der Waals surface area contributed by atoms with Crippen LogP contribution in [0.2, 0.25) is 5.02 Å². The van der Waals surface area contributed by atoms with Crippen molar-refractivity contribution in [3.05, 3.63) is 69.2 Å². The number of benzene rings is 2. The van der Waals surface area contributed by atoms with Crippen LogP contribution in [-0.4, -0.2) is 5.78 Å². The van der Waals surface area contributed by atoms with Gasteiger partial charge in [0.15, 0.2) is 5.78 Å². The van der Waals surface area contributed by atoms with Crippen molar-refractivity contribution >= 4 is 17.4 Å². The van der Waals surface area contributed by atoms with Crippen LogP contribution >= 0.6 is 11.6 Å². The molecule has 0 aromatic heterocycles. The summed E-state index contributed by atoms with van der Waals surface area (Å²) in [5.41, 5.74) is 4.60. The van der Waals surface area contributed by atoms with Gasteiger partial charge in [-0.3, -0.25) is 4.79 Å². The molecule has 0 spiro atoms. The molecule has 2 rings (SSSR count). The standard InChI is InChI=1S/C16H15ClO/c1-10-8-12(3)14(9-11(10)2)16(18)13-6-4-5-7-15(13)17/h4-9H,1-3H3. The van der Waals surface area contributed by atoms with Gasteiger partial charge in [0.1, 0.15) is 0 Å². The van der Waals surface area contributed by atoms with Crippen LogP contribution in [0.4, 0.5) is 0 Å². The molecule has 2 aromatic carbocycles. The first-order chi connectivity index (χ1) is 8.50. The summed E-state index contributed by atoms with van der Waals surface area (Å²) in [4.78, 5) is 12.5. The van der Waals surface area contributed by atoms with E-state index in [2.05, 4.69) is 0 Å². The molecule has 0 aliphatic heterocycles. The molecule has 0 N–H and O–H groups in total. The van der Waals surface area contributed by atoms with Crippen LogP contribution < -0.4 is 0 Å². The molecule has 0 saturated carbocycles. The van der Waals surface area contributed by atoms with E-state index in [0.717, 1.165) is 16.7 Å². The van der Waals surface area contributed by atoms with Crippen LogP contribution in [0, 0.1) is 20.8 Å². The van der Waals surface area contributed by atoms with E-state index < -0.39 is 0 Å². The summed E-state index contributed by atoms with van der Waals surface area (Å²) in [5, 5.41) is 0.500.